The normalized spacial score (nSPS) is 25.1. The highest BCUT2D eigenvalue weighted by atomic mass is 16.5. The van der Waals surface area contributed by atoms with E-state index in [-0.39, 0.29) is 6.10 Å². The third-order valence-electron chi connectivity index (χ3n) is 4.12. The lowest BCUT2D eigenvalue weighted by molar-refractivity contribution is -0.0176. The molecule has 1 aliphatic rings. The third kappa shape index (κ3) is 3.44. The zero-order chi connectivity index (χ0) is 15.5. The molecular formula is C15H26N4O2. The van der Waals surface area contributed by atoms with E-state index in [1.807, 2.05) is 20.9 Å². The molecule has 2 atom stereocenters. The van der Waals surface area contributed by atoms with Crippen LogP contribution in [0.2, 0.25) is 0 Å². The van der Waals surface area contributed by atoms with Crippen LogP contribution in [0, 0.1) is 6.92 Å². The second kappa shape index (κ2) is 6.58. The van der Waals surface area contributed by atoms with Crippen molar-refractivity contribution in [1.82, 2.24) is 9.97 Å². The Balaban J connectivity index is 2.16. The topological polar surface area (TPSA) is 79.3 Å². The van der Waals surface area contributed by atoms with E-state index in [4.69, 9.17) is 4.74 Å². The van der Waals surface area contributed by atoms with Crippen molar-refractivity contribution in [2.75, 3.05) is 30.8 Å². The van der Waals surface area contributed by atoms with Gasteiger partial charge in [0, 0.05) is 38.6 Å². The molecule has 1 aliphatic heterocycles. The molecule has 0 saturated carbocycles. The molecule has 1 aromatic rings. The van der Waals surface area contributed by atoms with Crippen molar-refractivity contribution < 1.29 is 9.84 Å². The summed E-state index contributed by atoms with van der Waals surface area (Å²) in [5.74, 6) is 2.43. The molecule has 2 rings (SSSR count). The largest absolute Gasteiger partial charge is 0.385 e. The van der Waals surface area contributed by atoms with Gasteiger partial charge in [-0.1, -0.05) is 6.92 Å². The Morgan fingerprint density at radius 2 is 2.10 bits per heavy atom. The molecule has 0 bridgehead atoms. The first kappa shape index (κ1) is 16.0. The summed E-state index contributed by atoms with van der Waals surface area (Å²) in [6, 6.07) is 0. The number of anilines is 2. The van der Waals surface area contributed by atoms with Crippen molar-refractivity contribution in [2.24, 2.45) is 0 Å². The lowest BCUT2D eigenvalue weighted by atomic mass is 9.97. The minimum Gasteiger partial charge on any atom is -0.385 e. The van der Waals surface area contributed by atoms with Crippen molar-refractivity contribution in [1.29, 1.82) is 0 Å². The van der Waals surface area contributed by atoms with E-state index in [9.17, 15) is 5.11 Å². The zero-order valence-electron chi connectivity index (χ0n) is 13.4. The Labute approximate surface area is 126 Å². The van der Waals surface area contributed by atoms with Crippen LogP contribution in [0.4, 0.5) is 11.6 Å². The predicted octanol–water partition coefficient (Wildman–Crippen LogP) is 1.73. The molecule has 21 heavy (non-hydrogen) atoms. The number of hydrogen-bond donors (Lipinski definition) is 3. The quantitative estimate of drug-likeness (QED) is 0.741. The average molecular weight is 294 g/mol. The highest BCUT2D eigenvalue weighted by Crippen LogP contribution is 2.27. The molecule has 0 radical (unpaired) electrons. The predicted molar refractivity (Wildman–Crippen MR) is 83.8 cm³/mol. The number of aryl methyl sites for hydroxylation is 1. The van der Waals surface area contributed by atoms with Gasteiger partial charge in [-0.3, -0.25) is 0 Å². The molecule has 1 aromatic heterocycles. The summed E-state index contributed by atoms with van der Waals surface area (Å²) in [4.78, 5) is 9.08. The maximum Gasteiger partial charge on any atom is 0.134 e. The van der Waals surface area contributed by atoms with Gasteiger partial charge in [-0.15, -0.1) is 0 Å². The summed E-state index contributed by atoms with van der Waals surface area (Å²) < 4.78 is 5.46. The first-order valence-corrected chi connectivity index (χ1v) is 7.63. The van der Waals surface area contributed by atoms with E-state index < -0.39 is 5.60 Å². The van der Waals surface area contributed by atoms with Crippen LogP contribution in [-0.4, -0.2) is 47.0 Å². The van der Waals surface area contributed by atoms with E-state index in [2.05, 4.69) is 27.5 Å². The molecule has 3 N–H and O–H groups in total. The number of hydrogen-bond acceptors (Lipinski definition) is 6. The van der Waals surface area contributed by atoms with E-state index in [1.165, 1.54) is 0 Å². The minimum absolute atomic E-state index is 0.161. The Morgan fingerprint density at radius 3 is 2.67 bits per heavy atom. The number of rotatable bonds is 6. The second-order valence-corrected chi connectivity index (χ2v) is 5.68. The van der Waals surface area contributed by atoms with Gasteiger partial charge in [0.25, 0.3) is 0 Å². The lowest BCUT2D eigenvalue weighted by Crippen LogP contribution is -2.43. The molecule has 1 fully saturated rings. The Hall–Kier alpha value is -1.40. The smallest absolute Gasteiger partial charge is 0.134 e. The fraction of sp³-hybridized carbons (Fsp3) is 0.733. The maximum absolute atomic E-state index is 10.6. The van der Waals surface area contributed by atoms with Gasteiger partial charge in [-0.2, -0.15) is 0 Å². The van der Waals surface area contributed by atoms with Crippen molar-refractivity contribution in [3.63, 3.8) is 0 Å². The van der Waals surface area contributed by atoms with Gasteiger partial charge in [0.2, 0.25) is 0 Å². The number of aromatic nitrogens is 2. The van der Waals surface area contributed by atoms with Gasteiger partial charge in [0.15, 0.2) is 0 Å². The molecule has 0 amide bonds. The van der Waals surface area contributed by atoms with Crippen LogP contribution < -0.4 is 10.6 Å². The highest BCUT2D eigenvalue weighted by molar-refractivity contribution is 5.57. The average Bonchev–Trinajstić information content (AvgIpc) is 2.79. The fourth-order valence-electron chi connectivity index (χ4n) is 2.55. The number of nitrogens with one attached hydrogen (secondary N) is 2. The SMILES string of the molecule is CCCc1nc(NC)c(C)c(NCC2(O)CCOC2C)n1. The van der Waals surface area contributed by atoms with Crippen LogP contribution in [0.15, 0.2) is 0 Å². The van der Waals surface area contributed by atoms with Gasteiger partial charge < -0.3 is 20.5 Å². The van der Waals surface area contributed by atoms with Gasteiger partial charge in [-0.05, 0) is 20.3 Å². The molecule has 6 nitrogen and oxygen atoms in total. The van der Waals surface area contributed by atoms with Crippen molar-refractivity contribution in [2.45, 2.75) is 51.7 Å². The Kier molecular flexibility index (Phi) is 5.00. The van der Waals surface area contributed by atoms with Gasteiger partial charge in [0.05, 0.1) is 6.10 Å². The summed E-state index contributed by atoms with van der Waals surface area (Å²) >= 11 is 0. The Bertz CT molecular complexity index is 495. The second-order valence-electron chi connectivity index (χ2n) is 5.68. The van der Waals surface area contributed by atoms with Crippen LogP contribution in [0.1, 0.15) is 38.1 Å². The van der Waals surface area contributed by atoms with Crippen LogP contribution in [-0.2, 0) is 11.2 Å². The van der Waals surface area contributed by atoms with E-state index in [0.29, 0.717) is 19.6 Å². The van der Waals surface area contributed by atoms with Crippen LogP contribution in [0.5, 0.6) is 0 Å². The molecule has 118 valence electrons. The summed E-state index contributed by atoms with van der Waals surface area (Å²) in [6.07, 6.45) is 2.32. The third-order valence-corrected chi connectivity index (χ3v) is 4.12. The summed E-state index contributed by atoms with van der Waals surface area (Å²) in [7, 11) is 1.86. The van der Waals surface area contributed by atoms with Gasteiger partial charge in [-0.25, -0.2) is 9.97 Å². The number of nitrogens with zero attached hydrogens (tertiary/aromatic N) is 2. The van der Waals surface area contributed by atoms with Gasteiger partial charge in [0.1, 0.15) is 23.1 Å². The Morgan fingerprint density at radius 1 is 1.38 bits per heavy atom. The summed E-state index contributed by atoms with van der Waals surface area (Å²) in [5.41, 5.74) is 0.134. The molecule has 0 aliphatic carbocycles. The number of aliphatic hydroxyl groups is 1. The van der Waals surface area contributed by atoms with Crippen LogP contribution in [0.3, 0.4) is 0 Å². The van der Waals surface area contributed by atoms with Crippen molar-refractivity contribution in [3.05, 3.63) is 11.4 Å². The van der Waals surface area contributed by atoms with E-state index in [0.717, 1.165) is 35.9 Å². The van der Waals surface area contributed by atoms with Crippen molar-refractivity contribution >= 4 is 11.6 Å². The molecule has 0 spiro atoms. The fourth-order valence-corrected chi connectivity index (χ4v) is 2.55. The maximum atomic E-state index is 10.6. The van der Waals surface area contributed by atoms with E-state index >= 15 is 0 Å². The minimum atomic E-state index is -0.831. The summed E-state index contributed by atoms with van der Waals surface area (Å²) in [5, 5.41) is 16.9. The van der Waals surface area contributed by atoms with Crippen molar-refractivity contribution in [3.8, 4) is 0 Å². The molecule has 2 heterocycles. The van der Waals surface area contributed by atoms with Crippen LogP contribution >= 0.6 is 0 Å². The standard InChI is InChI=1S/C15H26N4O2/c1-5-6-12-18-13(16-4)10(2)14(19-12)17-9-15(20)7-8-21-11(15)3/h11,20H,5-9H2,1-4H3,(H2,16,17,18,19). The highest BCUT2D eigenvalue weighted by Gasteiger charge is 2.39. The zero-order valence-corrected chi connectivity index (χ0v) is 13.4. The molecule has 6 heteroatoms. The molecule has 0 aromatic carbocycles. The summed E-state index contributed by atoms with van der Waals surface area (Å²) in [6.45, 7) is 7.02. The monoisotopic (exact) mass is 294 g/mol. The lowest BCUT2D eigenvalue weighted by Gasteiger charge is -2.27. The first-order chi connectivity index (χ1) is 10.00. The molecule has 2 unspecified atom stereocenters. The molecule has 1 saturated heterocycles. The van der Waals surface area contributed by atoms with Crippen LogP contribution in [0.25, 0.3) is 0 Å². The van der Waals surface area contributed by atoms with Gasteiger partial charge >= 0.3 is 0 Å². The van der Waals surface area contributed by atoms with E-state index in [1.54, 1.807) is 0 Å². The number of ether oxygens (including phenoxy) is 1. The molecular weight excluding hydrogens is 268 g/mol. The first-order valence-electron chi connectivity index (χ1n) is 7.63.